The molecule has 2 heterocycles. The molecule has 14 heteroatoms. The summed E-state index contributed by atoms with van der Waals surface area (Å²) in [7, 11) is 3.10. The van der Waals surface area contributed by atoms with Crippen molar-refractivity contribution in [2.24, 2.45) is 0 Å². The van der Waals surface area contributed by atoms with E-state index < -0.39 is 30.3 Å². The SMILES string of the molecule is COCCN(CCOC)c1nc(C(=O)N[C@H](CC(=O)OCc2ccccc2)C(=O)OCc2ccccc2)c(N2CCOCC2)nc1C#N. The minimum atomic E-state index is -1.42. The van der Waals surface area contributed by atoms with E-state index in [-0.39, 0.29) is 36.2 Å². The monoisotopic (exact) mass is 660 g/mol. The van der Waals surface area contributed by atoms with Crippen LogP contribution >= 0.6 is 0 Å². The van der Waals surface area contributed by atoms with Gasteiger partial charge in [0.1, 0.15) is 25.3 Å². The summed E-state index contributed by atoms with van der Waals surface area (Å²) in [6.07, 6.45) is -0.497. The van der Waals surface area contributed by atoms with Gasteiger partial charge in [0, 0.05) is 40.4 Å². The van der Waals surface area contributed by atoms with E-state index in [1.807, 2.05) is 24.3 Å². The molecule has 1 amide bonds. The average Bonchev–Trinajstić information content (AvgIpc) is 3.13. The smallest absolute Gasteiger partial charge is 0.329 e. The highest BCUT2D eigenvalue weighted by Crippen LogP contribution is 2.25. The van der Waals surface area contributed by atoms with Crippen molar-refractivity contribution in [2.45, 2.75) is 25.7 Å². The lowest BCUT2D eigenvalue weighted by Gasteiger charge is -2.30. The van der Waals surface area contributed by atoms with Gasteiger partial charge in [-0.1, -0.05) is 60.7 Å². The molecule has 4 rings (SSSR count). The number of benzene rings is 2. The highest BCUT2D eigenvalue weighted by molar-refractivity contribution is 6.00. The number of nitrogens with one attached hydrogen (secondary N) is 1. The van der Waals surface area contributed by atoms with Crippen LogP contribution in [-0.4, -0.2) is 101 Å². The summed E-state index contributed by atoms with van der Waals surface area (Å²) in [6.45, 7) is 2.75. The first-order valence-corrected chi connectivity index (χ1v) is 15.5. The number of amides is 1. The zero-order chi connectivity index (χ0) is 34.1. The van der Waals surface area contributed by atoms with Crippen molar-refractivity contribution < 1.29 is 38.1 Å². The maximum atomic E-state index is 14.1. The largest absolute Gasteiger partial charge is 0.461 e. The van der Waals surface area contributed by atoms with E-state index >= 15 is 0 Å². The molecule has 1 aliphatic heterocycles. The molecular formula is C34H40N6O8. The summed E-state index contributed by atoms with van der Waals surface area (Å²) in [5.41, 5.74) is 1.36. The van der Waals surface area contributed by atoms with Crippen LogP contribution in [0.2, 0.25) is 0 Å². The lowest BCUT2D eigenvalue weighted by molar-refractivity contribution is -0.153. The molecule has 2 aromatic carbocycles. The van der Waals surface area contributed by atoms with E-state index in [2.05, 4.69) is 21.4 Å². The molecule has 0 aliphatic carbocycles. The van der Waals surface area contributed by atoms with Crippen LogP contribution in [0.4, 0.5) is 11.6 Å². The molecule has 14 nitrogen and oxygen atoms in total. The summed E-state index contributed by atoms with van der Waals surface area (Å²) in [4.78, 5) is 53.2. The van der Waals surface area contributed by atoms with E-state index in [1.54, 1.807) is 60.4 Å². The Hall–Kier alpha value is -5.10. The number of hydrogen-bond acceptors (Lipinski definition) is 13. The molecule has 0 bridgehead atoms. The number of methoxy groups -OCH3 is 2. The Morgan fingerprint density at radius 1 is 0.917 bits per heavy atom. The quantitative estimate of drug-likeness (QED) is 0.210. The van der Waals surface area contributed by atoms with Gasteiger partial charge in [-0.15, -0.1) is 0 Å². The van der Waals surface area contributed by atoms with Crippen LogP contribution in [0.25, 0.3) is 0 Å². The number of nitriles is 1. The Bertz CT molecular complexity index is 1520. The number of nitrogens with zero attached hydrogens (tertiary/aromatic N) is 5. The van der Waals surface area contributed by atoms with Crippen LogP contribution in [0, 0.1) is 11.3 Å². The predicted octanol–water partition coefficient (Wildman–Crippen LogP) is 2.26. The molecule has 254 valence electrons. The van der Waals surface area contributed by atoms with Crippen molar-refractivity contribution in [3.63, 3.8) is 0 Å². The van der Waals surface area contributed by atoms with E-state index in [0.717, 1.165) is 11.1 Å². The van der Waals surface area contributed by atoms with E-state index in [0.29, 0.717) is 52.6 Å². The Balaban J connectivity index is 1.65. The number of aromatic nitrogens is 2. The first-order chi connectivity index (χ1) is 23.4. The van der Waals surface area contributed by atoms with Gasteiger partial charge < -0.3 is 38.8 Å². The number of carbonyl (C=O) groups excluding carboxylic acids is 3. The van der Waals surface area contributed by atoms with Gasteiger partial charge in [-0.3, -0.25) is 9.59 Å². The van der Waals surface area contributed by atoms with Crippen molar-refractivity contribution in [1.82, 2.24) is 15.3 Å². The third-order valence-corrected chi connectivity index (χ3v) is 7.35. The van der Waals surface area contributed by atoms with Gasteiger partial charge in [0.05, 0.1) is 32.8 Å². The molecule has 0 radical (unpaired) electrons. The zero-order valence-electron chi connectivity index (χ0n) is 27.1. The molecule has 3 aromatic rings. The van der Waals surface area contributed by atoms with Gasteiger partial charge >= 0.3 is 11.9 Å². The van der Waals surface area contributed by atoms with Gasteiger partial charge in [0.2, 0.25) is 0 Å². The molecular weight excluding hydrogens is 620 g/mol. The molecule has 0 saturated carbocycles. The third kappa shape index (κ3) is 10.5. The molecule has 48 heavy (non-hydrogen) atoms. The van der Waals surface area contributed by atoms with E-state index in [9.17, 15) is 19.6 Å². The number of rotatable bonds is 17. The molecule has 0 unspecified atom stereocenters. The van der Waals surface area contributed by atoms with Crippen LogP contribution in [0.3, 0.4) is 0 Å². The maximum absolute atomic E-state index is 14.1. The van der Waals surface area contributed by atoms with E-state index in [4.69, 9.17) is 23.7 Å². The number of esters is 2. The van der Waals surface area contributed by atoms with Crippen LogP contribution < -0.4 is 15.1 Å². The standard InChI is InChI=1S/C34H40N6O8/c1-44-17-13-39(14-18-45-2)31-28(22-35)36-32(40-15-19-46-20-16-40)30(38-31)33(42)37-27(34(43)48-24-26-11-7-4-8-12-26)21-29(41)47-23-25-9-5-3-6-10-25/h3-12,27H,13-21,23-24H2,1-2H3,(H,37,42)/t27-/m1/s1. The number of morpholine rings is 1. The summed E-state index contributed by atoms with van der Waals surface area (Å²) in [5, 5.41) is 12.7. The van der Waals surface area contributed by atoms with Crippen molar-refractivity contribution in [3.8, 4) is 6.07 Å². The molecule has 1 N–H and O–H groups in total. The fourth-order valence-electron chi connectivity index (χ4n) is 4.80. The fraction of sp³-hybridized carbons (Fsp3) is 0.412. The van der Waals surface area contributed by atoms with Crippen molar-refractivity contribution in [2.75, 3.05) is 76.6 Å². The number of carbonyl (C=O) groups is 3. The van der Waals surface area contributed by atoms with Gasteiger partial charge in [-0.05, 0) is 11.1 Å². The number of hydrogen-bond donors (Lipinski definition) is 1. The van der Waals surface area contributed by atoms with Crippen molar-refractivity contribution in [3.05, 3.63) is 83.2 Å². The Labute approximate surface area is 279 Å². The van der Waals surface area contributed by atoms with Gasteiger partial charge in [-0.25, -0.2) is 14.8 Å². The average molecular weight is 661 g/mol. The molecule has 1 fully saturated rings. The second-order valence-corrected chi connectivity index (χ2v) is 10.7. The lowest BCUT2D eigenvalue weighted by atomic mass is 10.2. The third-order valence-electron chi connectivity index (χ3n) is 7.35. The Morgan fingerprint density at radius 2 is 1.50 bits per heavy atom. The Morgan fingerprint density at radius 3 is 2.06 bits per heavy atom. The Kier molecular flexibility index (Phi) is 14.1. The first kappa shape index (κ1) is 35.7. The van der Waals surface area contributed by atoms with Crippen LogP contribution in [0.15, 0.2) is 60.7 Å². The van der Waals surface area contributed by atoms with Crippen LogP contribution in [-0.2, 0) is 46.5 Å². The molecule has 1 atom stereocenters. The predicted molar refractivity (Wildman–Crippen MR) is 174 cm³/mol. The highest BCUT2D eigenvalue weighted by Gasteiger charge is 2.32. The maximum Gasteiger partial charge on any atom is 0.329 e. The zero-order valence-corrected chi connectivity index (χ0v) is 27.1. The number of anilines is 2. The summed E-state index contributed by atoms with van der Waals surface area (Å²) in [6, 6.07) is 18.8. The van der Waals surface area contributed by atoms with Gasteiger partial charge in [0.15, 0.2) is 23.0 Å². The molecule has 1 aromatic heterocycles. The number of ether oxygens (including phenoxy) is 5. The molecule has 1 aliphatic rings. The molecule has 1 saturated heterocycles. The highest BCUT2D eigenvalue weighted by atomic mass is 16.5. The first-order valence-electron chi connectivity index (χ1n) is 15.5. The minimum Gasteiger partial charge on any atom is -0.461 e. The van der Waals surface area contributed by atoms with Crippen LogP contribution in [0.5, 0.6) is 0 Å². The fourth-order valence-corrected chi connectivity index (χ4v) is 4.80. The van der Waals surface area contributed by atoms with Crippen molar-refractivity contribution in [1.29, 1.82) is 5.26 Å². The van der Waals surface area contributed by atoms with Gasteiger partial charge in [-0.2, -0.15) is 5.26 Å². The normalized spacial score (nSPS) is 13.2. The topological polar surface area (TPSA) is 165 Å². The van der Waals surface area contributed by atoms with Gasteiger partial charge in [0.25, 0.3) is 5.91 Å². The lowest BCUT2D eigenvalue weighted by Crippen LogP contribution is -2.45. The van der Waals surface area contributed by atoms with Crippen molar-refractivity contribution >= 4 is 29.5 Å². The molecule has 0 spiro atoms. The second-order valence-electron chi connectivity index (χ2n) is 10.7. The minimum absolute atomic E-state index is 0.00329. The second kappa shape index (κ2) is 18.9. The summed E-state index contributed by atoms with van der Waals surface area (Å²) in [5.74, 6) is -2.03. The summed E-state index contributed by atoms with van der Waals surface area (Å²) < 4.78 is 26.9. The van der Waals surface area contributed by atoms with E-state index in [1.165, 1.54) is 0 Å². The van der Waals surface area contributed by atoms with Crippen LogP contribution in [0.1, 0.15) is 33.7 Å². The summed E-state index contributed by atoms with van der Waals surface area (Å²) >= 11 is 0.